The van der Waals surface area contributed by atoms with E-state index in [0.29, 0.717) is 42.7 Å². The second-order valence-electron chi connectivity index (χ2n) is 10.5. The summed E-state index contributed by atoms with van der Waals surface area (Å²) in [5, 5.41) is 54.0. The van der Waals surface area contributed by atoms with Crippen molar-refractivity contribution in [3.63, 3.8) is 0 Å². The molecule has 3 aliphatic heterocycles. The van der Waals surface area contributed by atoms with Crippen LogP contribution in [-0.4, -0.2) is 99.7 Å². The predicted octanol–water partition coefficient (Wildman–Crippen LogP) is 0.280. The van der Waals surface area contributed by atoms with E-state index >= 15 is 0 Å². The summed E-state index contributed by atoms with van der Waals surface area (Å²) in [6, 6.07) is 8.33. The van der Waals surface area contributed by atoms with Gasteiger partial charge < -0.3 is 49.8 Å². The number of benzene rings is 2. The third-order valence-electron chi connectivity index (χ3n) is 7.66. The minimum Gasteiger partial charge on any atom is -0.487 e. The number of aliphatic hydroxyl groups is 4. The van der Waals surface area contributed by atoms with Crippen LogP contribution in [0.5, 0.6) is 11.5 Å². The van der Waals surface area contributed by atoms with E-state index in [1.54, 1.807) is 0 Å². The van der Waals surface area contributed by atoms with Crippen molar-refractivity contribution in [2.24, 2.45) is 0 Å². The molecule has 0 spiro atoms. The Hall–Kier alpha value is -2.91. The number of nitrogens with one attached hydrogen (secondary N) is 1. The number of ether oxygens (including phenoxy) is 4. The van der Waals surface area contributed by atoms with Crippen molar-refractivity contribution < 1.29 is 58.1 Å². The zero-order chi connectivity index (χ0) is 29.3. The molecule has 41 heavy (non-hydrogen) atoms. The minimum absolute atomic E-state index is 0.0374. The molecule has 6 N–H and O–H groups in total. The molecule has 9 atom stereocenters. The molecule has 2 aromatic rings. The van der Waals surface area contributed by atoms with Crippen LogP contribution in [0.15, 0.2) is 36.4 Å². The molecule has 3 heterocycles. The standard InChI is InChI=1S/C28H33F2NO10/c29-15-3-7-18-13(9-15)1-5-20(38-18)17(32)11-31-12-22(21-6-2-14-10-16(30)4-8-19(14)39-21)40-28-25(35)23(33)24(34)26(41-28)27(36)37/h3-4,7-10,17,20-26,28,31-35H,1-2,5-6,11-12H2,(H,36,37)/t17-,20-,21+,22-,23-,24-,25+,26-,28?/m0/s1. The minimum atomic E-state index is -1.88. The maximum Gasteiger partial charge on any atom is 0.335 e. The van der Waals surface area contributed by atoms with Gasteiger partial charge in [0.05, 0.1) is 0 Å². The maximum absolute atomic E-state index is 13.7. The van der Waals surface area contributed by atoms with Crippen molar-refractivity contribution in [2.45, 2.75) is 80.8 Å². The lowest BCUT2D eigenvalue weighted by Crippen LogP contribution is -2.62. The van der Waals surface area contributed by atoms with E-state index in [4.69, 9.17) is 18.9 Å². The molecule has 1 saturated heterocycles. The first kappa shape index (κ1) is 29.6. The third kappa shape index (κ3) is 6.61. The molecule has 0 aromatic heterocycles. The SMILES string of the molecule is O=C(O)[C@H]1OC(O[C@@H](CNC[C@H](O)[C@@H]2CCc3cc(F)ccc3O2)[C@H]2CCc3cc(F)ccc3O2)[C@H](O)[C@@H](O)[C@@H]1O. The summed E-state index contributed by atoms with van der Waals surface area (Å²) >= 11 is 0. The molecule has 3 aliphatic rings. The van der Waals surface area contributed by atoms with Gasteiger partial charge in [0, 0.05) is 13.1 Å². The molecule has 0 aliphatic carbocycles. The second kappa shape index (κ2) is 12.5. The number of aliphatic carboxylic acids is 1. The Kier molecular flexibility index (Phi) is 9.04. The van der Waals surface area contributed by atoms with Crippen molar-refractivity contribution in [3.8, 4) is 11.5 Å². The van der Waals surface area contributed by atoms with Crippen LogP contribution in [0.1, 0.15) is 24.0 Å². The molecule has 0 saturated carbocycles. The number of halogens is 2. The van der Waals surface area contributed by atoms with Crippen molar-refractivity contribution >= 4 is 5.97 Å². The Morgan fingerprint density at radius 1 is 0.902 bits per heavy atom. The van der Waals surface area contributed by atoms with E-state index in [-0.39, 0.29) is 18.9 Å². The Balaban J connectivity index is 1.26. The van der Waals surface area contributed by atoms with Crippen molar-refractivity contribution in [3.05, 3.63) is 59.2 Å². The summed E-state index contributed by atoms with van der Waals surface area (Å²) in [4.78, 5) is 11.5. The van der Waals surface area contributed by atoms with Gasteiger partial charge in [0.1, 0.15) is 65.9 Å². The Bertz CT molecular complexity index is 1230. The van der Waals surface area contributed by atoms with Gasteiger partial charge in [0.25, 0.3) is 0 Å². The lowest BCUT2D eigenvalue weighted by molar-refractivity contribution is -0.309. The fraction of sp³-hybridized carbons (Fsp3) is 0.536. The fourth-order valence-corrected chi connectivity index (χ4v) is 5.40. The summed E-state index contributed by atoms with van der Waals surface area (Å²) in [5.41, 5.74) is 1.39. The molecule has 0 radical (unpaired) electrons. The van der Waals surface area contributed by atoms with Crippen LogP contribution in [0.3, 0.4) is 0 Å². The van der Waals surface area contributed by atoms with Gasteiger partial charge in [0.15, 0.2) is 12.4 Å². The molecule has 1 fully saturated rings. The highest BCUT2D eigenvalue weighted by Gasteiger charge is 2.49. The normalized spacial score (nSPS) is 30.7. The van der Waals surface area contributed by atoms with Crippen LogP contribution < -0.4 is 14.8 Å². The number of carboxylic acids is 1. The number of carboxylic acid groups (broad SMARTS) is 1. The van der Waals surface area contributed by atoms with Gasteiger partial charge in [-0.2, -0.15) is 0 Å². The molecule has 13 heteroatoms. The van der Waals surface area contributed by atoms with Gasteiger partial charge in [-0.05, 0) is 73.2 Å². The quantitative estimate of drug-likeness (QED) is 0.241. The van der Waals surface area contributed by atoms with E-state index < -0.39 is 66.9 Å². The van der Waals surface area contributed by atoms with Gasteiger partial charge in [0.2, 0.25) is 0 Å². The monoisotopic (exact) mass is 581 g/mol. The van der Waals surface area contributed by atoms with Gasteiger partial charge in [-0.3, -0.25) is 0 Å². The largest absolute Gasteiger partial charge is 0.487 e. The zero-order valence-electron chi connectivity index (χ0n) is 21.9. The summed E-state index contributed by atoms with van der Waals surface area (Å²) in [6.07, 6.45) is -10.2. The number of hydrogen-bond acceptors (Lipinski definition) is 10. The number of aliphatic hydroxyl groups excluding tert-OH is 4. The van der Waals surface area contributed by atoms with Crippen LogP contribution in [0.4, 0.5) is 8.78 Å². The lowest BCUT2D eigenvalue weighted by Gasteiger charge is -2.41. The number of rotatable bonds is 9. The molecule has 1 unspecified atom stereocenters. The highest BCUT2D eigenvalue weighted by atomic mass is 19.1. The summed E-state index contributed by atoms with van der Waals surface area (Å²) in [5.74, 6) is -1.37. The Morgan fingerprint density at radius 3 is 2.10 bits per heavy atom. The fourth-order valence-electron chi connectivity index (χ4n) is 5.40. The van der Waals surface area contributed by atoms with E-state index in [9.17, 15) is 39.1 Å². The van der Waals surface area contributed by atoms with E-state index in [1.807, 2.05) is 0 Å². The Labute approximate surface area is 234 Å². The second-order valence-corrected chi connectivity index (χ2v) is 10.5. The molecular weight excluding hydrogens is 548 g/mol. The summed E-state index contributed by atoms with van der Waals surface area (Å²) in [7, 11) is 0. The maximum atomic E-state index is 13.7. The lowest BCUT2D eigenvalue weighted by atomic mass is 9.97. The molecule has 0 bridgehead atoms. The molecular formula is C28H33F2NO10. The van der Waals surface area contributed by atoms with E-state index in [0.717, 1.165) is 5.56 Å². The Morgan fingerprint density at radius 2 is 1.49 bits per heavy atom. The van der Waals surface area contributed by atoms with Crippen LogP contribution >= 0.6 is 0 Å². The summed E-state index contributed by atoms with van der Waals surface area (Å²) < 4.78 is 50.4. The zero-order valence-corrected chi connectivity index (χ0v) is 21.9. The molecule has 224 valence electrons. The topological polar surface area (TPSA) is 167 Å². The molecule has 2 aromatic carbocycles. The first-order chi connectivity index (χ1) is 19.6. The first-order valence-corrected chi connectivity index (χ1v) is 13.5. The van der Waals surface area contributed by atoms with Crippen molar-refractivity contribution in [1.82, 2.24) is 5.32 Å². The average molecular weight is 582 g/mol. The van der Waals surface area contributed by atoms with Gasteiger partial charge in [-0.15, -0.1) is 0 Å². The summed E-state index contributed by atoms with van der Waals surface area (Å²) in [6.45, 7) is 0.0957. The number of fused-ring (bicyclic) bond motifs is 2. The number of aryl methyl sites for hydroxylation is 2. The van der Waals surface area contributed by atoms with Gasteiger partial charge in [-0.25, -0.2) is 13.6 Å². The smallest absolute Gasteiger partial charge is 0.335 e. The van der Waals surface area contributed by atoms with Gasteiger partial charge in [-0.1, -0.05) is 0 Å². The number of carbonyl (C=O) groups is 1. The predicted molar refractivity (Wildman–Crippen MR) is 136 cm³/mol. The number of hydrogen-bond donors (Lipinski definition) is 6. The highest BCUT2D eigenvalue weighted by molar-refractivity contribution is 5.73. The van der Waals surface area contributed by atoms with E-state index in [1.165, 1.54) is 36.4 Å². The third-order valence-corrected chi connectivity index (χ3v) is 7.66. The van der Waals surface area contributed by atoms with E-state index in [2.05, 4.69) is 5.32 Å². The first-order valence-electron chi connectivity index (χ1n) is 13.5. The molecule has 11 nitrogen and oxygen atoms in total. The van der Waals surface area contributed by atoms with Crippen LogP contribution in [0.2, 0.25) is 0 Å². The van der Waals surface area contributed by atoms with Gasteiger partial charge >= 0.3 is 5.97 Å². The van der Waals surface area contributed by atoms with Crippen LogP contribution in [0.25, 0.3) is 0 Å². The van der Waals surface area contributed by atoms with Crippen LogP contribution in [-0.2, 0) is 27.1 Å². The van der Waals surface area contributed by atoms with Crippen LogP contribution in [0, 0.1) is 11.6 Å². The van der Waals surface area contributed by atoms with Crippen molar-refractivity contribution in [1.29, 1.82) is 0 Å². The van der Waals surface area contributed by atoms with Crippen molar-refractivity contribution in [2.75, 3.05) is 13.1 Å². The highest BCUT2D eigenvalue weighted by Crippen LogP contribution is 2.32. The molecule has 0 amide bonds. The average Bonchev–Trinajstić information content (AvgIpc) is 2.95. The molecule has 5 rings (SSSR count).